The van der Waals surface area contributed by atoms with Gasteiger partial charge in [-0.3, -0.25) is 9.36 Å². The standard InChI is InChI=1S/C30H28F2N8O2/c1-30(2,3)27-34-15-23(24(38-27)17-7-6-8-19(31)11-17)37-29(42)36-22-13-16(9-10-21(22)32)20-12-18-14-35-28(33-4)39-25(18)40(5)26(20)41/h6-15H,1-5H3,(H,33,35,39)(H2,36,37,42). The van der Waals surface area contributed by atoms with Gasteiger partial charge in [0, 0.05) is 42.2 Å². The molecule has 5 aromatic rings. The highest BCUT2D eigenvalue weighted by Crippen LogP contribution is 2.30. The van der Waals surface area contributed by atoms with Crippen LogP contribution in [0, 0.1) is 11.6 Å². The van der Waals surface area contributed by atoms with E-state index in [1.54, 1.807) is 32.4 Å². The normalized spacial score (nSPS) is 11.4. The highest BCUT2D eigenvalue weighted by atomic mass is 19.1. The number of urea groups is 1. The molecule has 2 amide bonds. The van der Waals surface area contributed by atoms with E-state index in [2.05, 4.69) is 35.9 Å². The molecule has 3 N–H and O–H groups in total. The Kier molecular flexibility index (Phi) is 7.38. The Morgan fingerprint density at radius 3 is 2.38 bits per heavy atom. The molecule has 5 rings (SSSR count). The third-order valence-electron chi connectivity index (χ3n) is 6.50. The van der Waals surface area contributed by atoms with E-state index in [1.165, 1.54) is 41.1 Å². The summed E-state index contributed by atoms with van der Waals surface area (Å²) in [5.74, 6) is -0.315. The van der Waals surface area contributed by atoms with Crippen molar-refractivity contribution in [1.82, 2.24) is 24.5 Å². The summed E-state index contributed by atoms with van der Waals surface area (Å²) in [4.78, 5) is 43.8. The van der Waals surface area contributed by atoms with E-state index in [-0.39, 0.29) is 22.5 Å². The minimum Gasteiger partial charge on any atom is -0.357 e. The maximum atomic E-state index is 14.9. The van der Waals surface area contributed by atoms with Crippen molar-refractivity contribution in [2.24, 2.45) is 7.05 Å². The first-order chi connectivity index (χ1) is 19.9. The van der Waals surface area contributed by atoms with E-state index < -0.39 is 23.1 Å². The zero-order valence-electron chi connectivity index (χ0n) is 23.6. The number of aromatic nitrogens is 5. The molecule has 0 bridgehead atoms. The Morgan fingerprint density at radius 2 is 1.67 bits per heavy atom. The lowest BCUT2D eigenvalue weighted by Gasteiger charge is -2.19. The number of nitrogens with one attached hydrogen (secondary N) is 3. The Bertz CT molecular complexity index is 1900. The molecule has 10 nitrogen and oxygen atoms in total. The first-order valence-corrected chi connectivity index (χ1v) is 13.0. The summed E-state index contributed by atoms with van der Waals surface area (Å²) in [6.07, 6.45) is 3.01. The van der Waals surface area contributed by atoms with Crippen molar-refractivity contribution >= 4 is 34.4 Å². The van der Waals surface area contributed by atoms with Crippen LogP contribution in [0.15, 0.2) is 65.7 Å². The number of rotatable bonds is 5. The average molecular weight is 571 g/mol. The van der Waals surface area contributed by atoms with Crippen LogP contribution in [-0.2, 0) is 12.5 Å². The van der Waals surface area contributed by atoms with Crippen molar-refractivity contribution in [2.75, 3.05) is 23.0 Å². The molecule has 0 aliphatic carbocycles. The second-order valence-electron chi connectivity index (χ2n) is 10.6. The lowest BCUT2D eigenvalue weighted by Crippen LogP contribution is -2.23. The Labute approximate surface area is 239 Å². The van der Waals surface area contributed by atoms with E-state index in [9.17, 15) is 18.4 Å². The minimum atomic E-state index is -0.782. The van der Waals surface area contributed by atoms with Gasteiger partial charge in [-0.2, -0.15) is 4.98 Å². The summed E-state index contributed by atoms with van der Waals surface area (Å²) in [6, 6.07) is 10.6. The van der Waals surface area contributed by atoms with E-state index in [0.29, 0.717) is 39.6 Å². The number of fused-ring (bicyclic) bond motifs is 1. The molecule has 0 unspecified atom stereocenters. The summed E-state index contributed by atoms with van der Waals surface area (Å²) in [6.45, 7) is 5.80. The van der Waals surface area contributed by atoms with Gasteiger partial charge in [-0.25, -0.2) is 28.5 Å². The number of nitrogens with zero attached hydrogens (tertiary/aromatic N) is 5. The molecule has 0 aliphatic heterocycles. The number of benzene rings is 2. The van der Waals surface area contributed by atoms with Crippen LogP contribution in [0.5, 0.6) is 0 Å². The van der Waals surface area contributed by atoms with E-state index in [0.717, 1.165) is 6.07 Å². The Morgan fingerprint density at radius 1 is 0.905 bits per heavy atom. The van der Waals surface area contributed by atoms with Gasteiger partial charge in [-0.15, -0.1) is 0 Å². The van der Waals surface area contributed by atoms with Gasteiger partial charge in [-0.1, -0.05) is 39.0 Å². The van der Waals surface area contributed by atoms with Gasteiger partial charge in [0.15, 0.2) is 0 Å². The van der Waals surface area contributed by atoms with E-state index >= 15 is 0 Å². The maximum Gasteiger partial charge on any atom is 0.323 e. The number of carbonyl (C=O) groups is 1. The highest BCUT2D eigenvalue weighted by Gasteiger charge is 2.21. The molecule has 3 aromatic heterocycles. The highest BCUT2D eigenvalue weighted by molar-refractivity contribution is 6.02. The van der Waals surface area contributed by atoms with Crippen LogP contribution in [0.2, 0.25) is 0 Å². The molecule has 0 fully saturated rings. The van der Waals surface area contributed by atoms with Crippen molar-refractivity contribution in [3.63, 3.8) is 0 Å². The molecule has 2 aromatic carbocycles. The van der Waals surface area contributed by atoms with Gasteiger partial charge in [-0.05, 0) is 35.9 Å². The van der Waals surface area contributed by atoms with Crippen LogP contribution in [0.25, 0.3) is 33.4 Å². The summed E-state index contributed by atoms with van der Waals surface area (Å²) in [5, 5.41) is 8.58. The molecule has 3 heterocycles. The molecule has 42 heavy (non-hydrogen) atoms. The lowest BCUT2D eigenvalue weighted by molar-refractivity contribution is 0.262. The largest absolute Gasteiger partial charge is 0.357 e. The molecule has 0 spiro atoms. The molecule has 0 saturated carbocycles. The molecule has 0 aliphatic rings. The molecule has 0 saturated heterocycles. The van der Waals surface area contributed by atoms with Crippen LogP contribution in [0.1, 0.15) is 26.6 Å². The smallest absolute Gasteiger partial charge is 0.323 e. The number of hydrogen-bond donors (Lipinski definition) is 3. The number of hydrogen-bond acceptors (Lipinski definition) is 7. The van der Waals surface area contributed by atoms with Crippen molar-refractivity contribution in [1.29, 1.82) is 0 Å². The topological polar surface area (TPSA) is 127 Å². The predicted molar refractivity (Wildman–Crippen MR) is 158 cm³/mol. The fourth-order valence-corrected chi connectivity index (χ4v) is 4.33. The zero-order valence-corrected chi connectivity index (χ0v) is 23.6. The van der Waals surface area contributed by atoms with Crippen LogP contribution in [0.4, 0.5) is 30.9 Å². The van der Waals surface area contributed by atoms with Crippen molar-refractivity contribution in [2.45, 2.75) is 26.2 Å². The predicted octanol–water partition coefficient (Wildman–Crippen LogP) is 5.71. The molecule has 0 atom stereocenters. The molecule has 0 radical (unpaired) electrons. The summed E-state index contributed by atoms with van der Waals surface area (Å²) in [7, 11) is 3.26. The van der Waals surface area contributed by atoms with E-state index in [4.69, 9.17) is 0 Å². The van der Waals surface area contributed by atoms with Crippen molar-refractivity contribution in [3.8, 4) is 22.4 Å². The van der Waals surface area contributed by atoms with Gasteiger partial charge in [0.25, 0.3) is 5.56 Å². The van der Waals surface area contributed by atoms with Crippen molar-refractivity contribution < 1.29 is 13.6 Å². The molecule has 214 valence electrons. The number of anilines is 3. The maximum absolute atomic E-state index is 14.9. The van der Waals surface area contributed by atoms with Crippen LogP contribution in [0.3, 0.4) is 0 Å². The van der Waals surface area contributed by atoms with Crippen LogP contribution in [-0.4, -0.2) is 37.6 Å². The van der Waals surface area contributed by atoms with Gasteiger partial charge in [0.1, 0.15) is 23.1 Å². The second kappa shape index (κ2) is 11.0. The fourth-order valence-electron chi connectivity index (χ4n) is 4.33. The number of amides is 2. The van der Waals surface area contributed by atoms with Crippen LogP contribution < -0.4 is 21.5 Å². The summed E-state index contributed by atoms with van der Waals surface area (Å²) >= 11 is 0. The number of aryl methyl sites for hydroxylation is 1. The van der Waals surface area contributed by atoms with Crippen LogP contribution >= 0.6 is 0 Å². The SMILES string of the molecule is CNc1ncc2cc(-c3ccc(F)c(NC(=O)Nc4cnc(C(C)(C)C)nc4-c4cccc(F)c4)c3)c(=O)n(C)c2n1. The lowest BCUT2D eigenvalue weighted by atomic mass is 9.95. The Balaban J connectivity index is 1.47. The minimum absolute atomic E-state index is 0.159. The van der Waals surface area contributed by atoms with Gasteiger partial charge in [0.05, 0.1) is 23.3 Å². The van der Waals surface area contributed by atoms with Gasteiger partial charge in [0.2, 0.25) is 5.95 Å². The molecular formula is C30H28F2N8O2. The Hall–Kier alpha value is -5.26. The third kappa shape index (κ3) is 5.64. The zero-order chi connectivity index (χ0) is 30.2. The fraction of sp³-hybridized carbons (Fsp3) is 0.200. The van der Waals surface area contributed by atoms with Gasteiger partial charge < -0.3 is 16.0 Å². The second-order valence-corrected chi connectivity index (χ2v) is 10.6. The average Bonchev–Trinajstić information content (AvgIpc) is 2.95. The molecular weight excluding hydrogens is 542 g/mol. The third-order valence-corrected chi connectivity index (χ3v) is 6.50. The number of pyridine rings is 1. The van der Waals surface area contributed by atoms with E-state index in [1.807, 2.05) is 20.8 Å². The molecule has 12 heteroatoms. The number of carbonyl (C=O) groups excluding carboxylic acids is 1. The number of halogens is 2. The monoisotopic (exact) mass is 570 g/mol. The van der Waals surface area contributed by atoms with Gasteiger partial charge >= 0.3 is 6.03 Å². The first kappa shape index (κ1) is 28.3. The quantitative estimate of drug-likeness (QED) is 0.247. The summed E-state index contributed by atoms with van der Waals surface area (Å²) in [5.41, 5.74) is 1.09. The first-order valence-electron chi connectivity index (χ1n) is 13.0. The summed E-state index contributed by atoms with van der Waals surface area (Å²) < 4.78 is 30.3. The van der Waals surface area contributed by atoms with Crippen molar-refractivity contribution in [3.05, 3.63) is 88.7 Å².